The molecule has 31 heavy (non-hydrogen) atoms. The first-order valence-electron chi connectivity index (χ1n) is 10.4. The van der Waals surface area contributed by atoms with Crippen LogP contribution in [-0.2, 0) is 11.3 Å². The van der Waals surface area contributed by atoms with Crippen LogP contribution in [0.15, 0.2) is 78.0 Å². The van der Waals surface area contributed by atoms with E-state index < -0.39 is 0 Å². The summed E-state index contributed by atoms with van der Waals surface area (Å²) in [5.41, 5.74) is 2.05. The average Bonchev–Trinajstić information content (AvgIpc) is 3.21. The van der Waals surface area contributed by atoms with Crippen LogP contribution in [0.1, 0.15) is 31.9 Å². The zero-order valence-electron chi connectivity index (χ0n) is 17.6. The largest absolute Gasteiger partial charge is 0.348 e. The lowest BCUT2D eigenvalue weighted by Crippen LogP contribution is -2.35. The molecule has 0 spiro atoms. The molecule has 7 heteroatoms. The summed E-state index contributed by atoms with van der Waals surface area (Å²) in [7, 11) is 0. The maximum Gasteiger partial charge on any atom is 0.264 e. The van der Waals surface area contributed by atoms with Crippen LogP contribution in [0.25, 0.3) is 16.7 Å². The van der Waals surface area contributed by atoms with Crippen molar-refractivity contribution in [1.82, 2.24) is 24.6 Å². The number of carbonyl (C=O) groups excluding carboxylic acids is 1. The van der Waals surface area contributed by atoms with Crippen LogP contribution in [0, 0.1) is 5.92 Å². The lowest BCUT2D eigenvalue weighted by molar-refractivity contribution is -0.122. The van der Waals surface area contributed by atoms with Crippen LogP contribution in [0.3, 0.4) is 0 Å². The molecule has 4 aromatic rings. The summed E-state index contributed by atoms with van der Waals surface area (Å²) in [6, 6.07) is 19.3. The molecule has 1 amide bonds. The highest BCUT2D eigenvalue weighted by molar-refractivity contribution is 5.78. The summed E-state index contributed by atoms with van der Waals surface area (Å²) in [5.74, 6) is 0.184. The molecular weight excluding hydrogens is 390 g/mol. The van der Waals surface area contributed by atoms with E-state index in [0.29, 0.717) is 17.0 Å². The number of para-hydroxylation sites is 1. The number of rotatable bonds is 7. The quantitative estimate of drug-likeness (QED) is 0.501. The molecule has 0 saturated heterocycles. The molecule has 0 saturated carbocycles. The van der Waals surface area contributed by atoms with Gasteiger partial charge in [0, 0.05) is 0 Å². The van der Waals surface area contributed by atoms with E-state index in [-0.39, 0.29) is 24.1 Å². The van der Waals surface area contributed by atoms with E-state index in [4.69, 9.17) is 0 Å². The van der Waals surface area contributed by atoms with Gasteiger partial charge in [-0.25, -0.2) is 9.67 Å². The van der Waals surface area contributed by atoms with Crippen molar-refractivity contribution in [2.75, 3.05) is 0 Å². The molecule has 0 aliphatic carbocycles. The molecule has 7 nitrogen and oxygen atoms in total. The number of fused-ring (bicyclic) bond motifs is 1. The predicted octanol–water partition coefficient (Wildman–Crippen LogP) is 3.49. The van der Waals surface area contributed by atoms with Crippen LogP contribution in [-0.4, -0.2) is 25.2 Å². The summed E-state index contributed by atoms with van der Waals surface area (Å²) in [6.45, 7) is 4.14. The Balaban J connectivity index is 1.56. The van der Waals surface area contributed by atoms with Crippen molar-refractivity contribution in [3.05, 3.63) is 89.1 Å². The number of nitrogens with one attached hydrogen (secondary N) is 1. The minimum absolute atomic E-state index is 0.0975. The standard InChI is InChI=1S/C24H25N5O2/c1-17(2)13-21(18-9-5-3-6-10-18)27-22(30)15-28-16-25-23-20(24(28)31)14-26-29(23)19-11-7-4-8-12-19/h3-12,14,16-17,21H,13,15H2,1-2H3,(H,27,30). The molecular formula is C24H25N5O2. The molecule has 0 radical (unpaired) electrons. The lowest BCUT2D eigenvalue weighted by atomic mass is 9.97. The second kappa shape index (κ2) is 8.95. The average molecular weight is 415 g/mol. The van der Waals surface area contributed by atoms with Crippen LogP contribution >= 0.6 is 0 Å². The Morgan fingerprint density at radius 3 is 2.39 bits per heavy atom. The van der Waals surface area contributed by atoms with E-state index >= 15 is 0 Å². The SMILES string of the molecule is CC(C)CC(NC(=O)Cn1cnc2c(cnn2-c2ccccc2)c1=O)c1ccccc1. The van der Waals surface area contributed by atoms with Gasteiger partial charge in [0.05, 0.1) is 17.9 Å². The third-order valence-corrected chi connectivity index (χ3v) is 5.11. The molecule has 2 aromatic heterocycles. The first-order valence-corrected chi connectivity index (χ1v) is 10.4. The normalized spacial score (nSPS) is 12.2. The van der Waals surface area contributed by atoms with Gasteiger partial charge >= 0.3 is 0 Å². The van der Waals surface area contributed by atoms with Crippen LogP contribution < -0.4 is 10.9 Å². The highest BCUT2D eigenvalue weighted by atomic mass is 16.2. The van der Waals surface area contributed by atoms with Crippen molar-refractivity contribution in [2.45, 2.75) is 32.9 Å². The Labute approximate surface area is 180 Å². The van der Waals surface area contributed by atoms with Crippen LogP contribution in [0.4, 0.5) is 0 Å². The van der Waals surface area contributed by atoms with Crippen molar-refractivity contribution < 1.29 is 4.79 Å². The summed E-state index contributed by atoms with van der Waals surface area (Å²) >= 11 is 0. The maximum atomic E-state index is 12.9. The van der Waals surface area contributed by atoms with Crippen molar-refractivity contribution in [1.29, 1.82) is 0 Å². The van der Waals surface area contributed by atoms with Gasteiger partial charge in [0.1, 0.15) is 18.3 Å². The number of nitrogens with zero attached hydrogens (tertiary/aromatic N) is 4. The Kier molecular flexibility index (Phi) is 5.93. The molecule has 1 atom stereocenters. The molecule has 1 unspecified atom stereocenters. The molecule has 158 valence electrons. The number of aromatic nitrogens is 4. The highest BCUT2D eigenvalue weighted by Crippen LogP contribution is 2.21. The van der Waals surface area contributed by atoms with Crippen LogP contribution in [0.5, 0.6) is 0 Å². The molecule has 2 aromatic carbocycles. The van der Waals surface area contributed by atoms with Gasteiger partial charge in [-0.2, -0.15) is 5.10 Å². The minimum Gasteiger partial charge on any atom is -0.348 e. The fraction of sp³-hybridized carbons (Fsp3) is 0.250. The van der Waals surface area contributed by atoms with Gasteiger partial charge < -0.3 is 5.32 Å². The summed E-state index contributed by atoms with van der Waals surface area (Å²) in [6.07, 6.45) is 3.72. The van der Waals surface area contributed by atoms with Gasteiger partial charge in [-0.15, -0.1) is 0 Å². The lowest BCUT2D eigenvalue weighted by Gasteiger charge is -2.21. The van der Waals surface area contributed by atoms with Gasteiger partial charge in [-0.3, -0.25) is 14.2 Å². The van der Waals surface area contributed by atoms with Crippen molar-refractivity contribution in [3.63, 3.8) is 0 Å². The zero-order valence-corrected chi connectivity index (χ0v) is 17.6. The summed E-state index contributed by atoms with van der Waals surface area (Å²) < 4.78 is 2.95. The maximum absolute atomic E-state index is 12.9. The smallest absolute Gasteiger partial charge is 0.264 e. The Hall–Kier alpha value is -3.74. The molecule has 0 aliphatic heterocycles. The van der Waals surface area contributed by atoms with E-state index in [0.717, 1.165) is 17.7 Å². The number of carbonyl (C=O) groups is 1. The number of hydrogen-bond donors (Lipinski definition) is 1. The first kappa shape index (κ1) is 20.5. The molecule has 0 fully saturated rings. The third-order valence-electron chi connectivity index (χ3n) is 5.11. The van der Waals surface area contributed by atoms with Crippen molar-refractivity contribution >= 4 is 16.9 Å². The fourth-order valence-corrected chi connectivity index (χ4v) is 3.65. The van der Waals surface area contributed by atoms with E-state index in [1.807, 2.05) is 60.7 Å². The van der Waals surface area contributed by atoms with Crippen molar-refractivity contribution in [2.24, 2.45) is 5.92 Å². The molecule has 2 heterocycles. The van der Waals surface area contributed by atoms with Gasteiger partial charge in [0.2, 0.25) is 5.91 Å². The molecule has 0 aliphatic rings. The van der Waals surface area contributed by atoms with Crippen LogP contribution in [0.2, 0.25) is 0 Å². The Morgan fingerprint density at radius 1 is 1.03 bits per heavy atom. The van der Waals surface area contributed by atoms with E-state index in [1.54, 1.807) is 4.68 Å². The molecule has 0 bridgehead atoms. The topological polar surface area (TPSA) is 81.8 Å². The molecule has 1 N–H and O–H groups in total. The zero-order chi connectivity index (χ0) is 21.8. The van der Waals surface area contributed by atoms with Gasteiger partial charge in [-0.1, -0.05) is 62.4 Å². The number of hydrogen-bond acceptors (Lipinski definition) is 4. The summed E-state index contributed by atoms with van der Waals surface area (Å²) in [5, 5.41) is 7.76. The van der Waals surface area contributed by atoms with Gasteiger partial charge in [0.15, 0.2) is 5.65 Å². The Morgan fingerprint density at radius 2 is 1.71 bits per heavy atom. The van der Waals surface area contributed by atoms with Crippen molar-refractivity contribution in [3.8, 4) is 5.69 Å². The highest BCUT2D eigenvalue weighted by Gasteiger charge is 2.18. The number of benzene rings is 2. The first-order chi connectivity index (χ1) is 15.0. The molecule has 4 rings (SSSR count). The monoisotopic (exact) mass is 415 g/mol. The second-order valence-corrected chi connectivity index (χ2v) is 7.97. The van der Waals surface area contributed by atoms with Gasteiger partial charge in [0.25, 0.3) is 5.56 Å². The number of amides is 1. The summed E-state index contributed by atoms with van der Waals surface area (Å²) in [4.78, 5) is 30.1. The van der Waals surface area contributed by atoms with E-state index in [2.05, 4.69) is 29.2 Å². The Bertz CT molecular complexity index is 1230. The fourth-order valence-electron chi connectivity index (χ4n) is 3.65. The predicted molar refractivity (Wildman–Crippen MR) is 120 cm³/mol. The van der Waals surface area contributed by atoms with E-state index in [1.165, 1.54) is 17.1 Å². The van der Waals surface area contributed by atoms with E-state index in [9.17, 15) is 9.59 Å². The third kappa shape index (κ3) is 4.55. The second-order valence-electron chi connectivity index (χ2n) is 7.97. The van der Waals surface area contributed by atoms with Gasteiger partial charge in [-0.05, 0) is 30.0 Å². The minimum atomic E-state index is -0.289.